The van der Waals surface area contributed by atoms with Crippen molar-refractivity contribution in [2.45, 2.75) is 180 Å². The zero-order valence-electron chi connectivity index (χ0n) is 23.6. The molecule has 2 heterocycles. The minimum Gasteiger partial charge on any atom is -0.293 e. The van der Waals surface area contributed by atoms with Gasteiger partial charge in [-0.3, -0.25) is 9.80 Å². The molecule has 0 aromatic heterocycles. The van der Waals surface area contributed by atoms with E-state index in [9.17, 15) is 0 Å². The van der Waals surface area contributed by atoms with Crippen LogP contribution in [0.3, 0.4) is 0 Å². The van der Waals surface area contributed by atoms with Crippen molar-refractivity contribution < 1.29 is 0 Å². The van der Waals surface area contributed by atoms with Crippen LogP contribution in [-0.2, 0) is 0 Å². The quantitative estimate of drug-likeness (QED) is 0.259. The normalized spacial score (nSPS) is 25.1. The van der Waals surface area contributed by atoms with Crippen LogP contribution in [0.1, 0.15) is 158 Å². The molecule has 0 bridgehead atoms. The average molecular weight is 449 g/mol. The lowest BCUT2D eigenvalue weighted by molar-refractivity contribution is -0.0279. The summed E-state index contributed by atoms with van der Waals surface area (Å²) in [5.41, 5.74) is 1.56. The first kappa shape index (κ1) is 28.2. The second-order valence-electron chi connectivity index (χ2n) is 13.8. The first-order chi connectivity index (χ1) is 14.9. The highest BCUT2D eigenvalue weighted by atomic mass is 15.3. The largest absolute Gasteiger partial charge is 0.293 e. The average Bonchev–Trinajstić information content (AvgIpc) is 2.65. The highest BCUT2D eigenvalue weighted by molar-refractivity contribution is 4.97. The van der Waals surface area contributed by atoms with Crippen molar-refractivity contribution in [3.63, 3.8) is 0 Å². The fourth-order valence-electron chi connectivity index (χ4n) is 7.25. The number of piperidine rings is 2. The SMILES string of the molecule is CC1(C)CCCC(C)(C)N1CCCCCCCCCCCCN1C(C)(C)CCCC1(C)C. The Labute approximate surface area is 203 Å². The predicted molar refractivity (Wildman–Crippen MR) is 144 cm³/mol. The molecule has 2 saturated heterocycles. The molecule has 0 atom stereocenters. The highest BCUT2D eigenvalue weighted by Crippen LogP contribution is 2.39. The number of nitrogens with zero attached hydrogens (tertiary/aromatic N) is 2. The number of rotatable bonds is 13. The summed E-state index contributed by atoms with van der Waals surface area (Å²) in [6, 6.07) is 0. The molecule has 2 heteroatoms. The molecule has 2 nitrogen and oxygen atoms in total. The lowest BCUT2D eigenvalue weighted by Crippen LogP contribution is -2.58. The van der Waals surface area contributed by atoms with E-state index in [1.165, 1.54) is 116 Å². The number of hydrogen-bond donors (Lipinski definition) is 0. The van der Waals surface area contributed by atoms with E-state index in [0.717, 1.165) is 0 Å². The molecule has 2 aliphatic heterocycles. The molecule has 0 aromatic carbocycles. The molecule has 2 fully saturated rings. The maximum atomic E-state index is 2.82. The van der Waals surface area contributed by atoms with Crippen molar-refractivity contribution in [2.24, 2.45) is 0 Å². The van der Waals surface area contributed by atoms with Gasteiger partial charge in [-0.05, 0) is 120 Å². The van der Waals surface area contributed by atoms with Crippen LogP contribution in [0.4, 0.5) is 0 Å². The summed E-state index contributed by atoms with van der Waals surface area (Å²) in [4.78, 5) is 5.63. The fourth-order valence-corrected chi connectivity index (χ4v) is 7.25. The van der Waals surface area contributed by atoms with Crippen LogP contribution in [0.15, 0.2) is 0 Å². The van der Waals surface area contributed by atoms with Crippen LogP contribution in [0.2, 0.25) is 0 Å². The molecule has 0 amide bonds. The van der Waals surface area contributed by atoms with E-state index in [2.05, 4.69) is 65.2 Å². The van der Waals surface area contributed by atoms with Gasteiger partial charge in [0, 0.05) is 22.2 Å². The number of likely N-dealkylation sites (tertiary alicyclic amines) is 2. The summed E-state index contributed by atoms with van der Waals surface area (Å²) < 4.78 is 0. The van der Waals surface area contributed by atoms with Gasteiger partial charge in [-0.2, -0.15) is 0 Å². The molecule has 2 rings (SSSR count). The minimum atomic E-state index is 0.390. The van der Waals surface area contributed by atoms with E-state index >= 15 is 0 Å². The third-order valence-corrected chi connectivity index (χ3v) is 9.09. The van der Waals surface area contributed by atoms with E-state index in [1.54, 1.807) is 0 Å². The predicted octanol–water partition coefficient (Wildman–Crippen LogP) is 8.97. The van der Waals surface area contributed by atoms with Gasteiger partial charge in [0.15, 0.2) is 0 Å². The van der Waals surface area contributed by atoms with E-state index in [-0.39, 0.29) is 0 Å². The monoisotopic (exact) mass is 448 g/mol. The van der Waals surface area contributed by atoms with E-state index in [0.29, 0.717) is 22.2 Å². The topological polar surface area (TPSA) is 6.48 Å². The van der Waals surface area contributed by atoms with E-state index in [4.69, 9.17) is 0 Å². The van der Waals surface area contributed by atoms with Gasteiger partial charge in [0.2, 0.25) is 0 Å². The highest BCUT2D eigenvalue weighted by Gasteiger charge is 2.41. The summed E-state index contributed by atoms with van der Waals surface area (Å²) in [5.74, 6) is 0. The zero-order valence-corrected chi connectivity index (χ0v) is 23.6. The molecule has 0 N–H and O–H groups in total. The van der Waals surface area contributed by atoms with Gasteiger partial charge in [-0.25, -0.2) is 0 Å². The molecular formula is C30H60N2. The van der Waals surface area contributed by atoms with Crippen LogP contribution >= 0.6 is 0 Å². The van der Waals surface area contributed by atoms with Gasteiger partial charge in [-0.1, -0.05) is 51.4 Å². The lowest BCUT2D eigenvalue weighted by Gasteiger charge is -2.53. The summed E-state index contributed by atoms with van der Waals surface area (Å²) in [7, 11) is 0. The second-order valence-corrected chi connectivity index (χ2v) is 13.8. The molecule has 0 unspecified atom stereocenters. The first-order valence-electron chi connectivity index (χ1n) is 14.4. The molecule has 0 aromatic rings. The molecule has 190 valence electrons. The van der Waals surface area contributed by atoms with Crippen molar-refractivity contribution >= 4 is 0 Å². The van der Waals surface area contributed by atoms with Crippen LogP contribution in [-0.4, -0.2) is 45.0 Å². The second kappa shape index (κ2) is 12.1. The Morgan fingerprint density at radius 3 is 0.844 bits per heavy atom. The van der Waals surface area contributed by atoms with E-state index in [1.807, 2.05) is 0 Å². The van der Waals surface area contributed by atoms with Gasteiger partial charge in [0.05, 0.1) is 0 Å². The molecule has 32 heavy (non-hydrogen) atoms. The van der Waals surface area contributed by atoms with Gasteiger partial charge < -0.3 is 0 Å². The molecule has 0 radical (unpaired) electrons. The summed E-state index contributed by atoms with van der Waals surface area (Å²) in [6.45, 7) is 22.3. The Morgan fingerprint density at radius 1 is 0.375 bits per heavy atom. The smallest absolute Gasteiger partial charge is 0.0158 e. The maximum Gasteiger partial charge on any atom is 0.0158 e. The van der Waals surface area contributed by atoms with Crippen LogP contribution in [0.5, 0.6) is 0 Å². The van der Waals surface area contributed by atoms with Crippen LogP contribution in [0.25, 0.3) is 0 Å². The van der Waals surface area contributed by atoms with Crippen molar-refractivity contribution in [3.8, 4) is 0 Å². The summed E-state index contributed by atoms with van der Waals surface area (Å²) >= 11 is 0. The summed E-state index contributed by atoms with van der Waals surface area (Å²) in [5, 5.41) is 0. The third kappa shape index (κ3) is 8.30. The van der Waals surface area contributed by atoms with Gasteiger partial charge in [0.25, 0.3) is 0 Å². The molecular weight excluding hydrogens is 388 g/mol. The molecule has 0 saturated carbocycles. The van der Waals surface area contributed by atoms with Crippen LogP contribution < -0.4 is 0 Å². The molecule has 0 aliphatic carbocycles. The third-order valence-electron chi connectivity index (χ3n) is 9.09. The minimum absolute atomic E-state index is 0.390. The molecule has 0 spiro atoms. The van der Waals surface area contributed by atoms with Gasteiger partial charge >= 0.3 is 0 Å². The van der Waals surface area contributed by atoms with Crippen molar-refractivity contribution in [1.29, 1.82) is 0 Å². The van der Waals surface area contributed by atoms with Crippen molar-refractivity contribution in [3.05, 3.63) is 0 Å². The zero-order chi connectivity index (χ0) is 23.9. The Morgan fingerprint density at radius 2 is 0.594 bits per heavy atom. The Hall–Kier alpha value is -0.0800. The van der Waals surface area contributed by atoms with Crippen molar-refractivity contribution in [2.75, 3.05) is 13.1 Å². The maximum absolute atomic E-state index is 2.82. The Kier molecular flexibility index (Phi) is 10.6. The summed E-state index contributed by atoms with van der Waals surface area (Å²) in [6.07, 6.45) is 22.5. The van der Waals surface area contributed by atoms with E-state index < -0.39 is 0 Å². The Bertz CT molecular complexity index is 451. The number of hydrogen-bond acceptors (Lipinski definition) is 2. The number of unbranched alkanes of at least 4 members (excludes halogenated alkanes) is 9. The standard InChI is InChI=1S/C30H60N2/c1-27(2)21-19-22-28(3,4)31(27)25-17-15-13-11-9-10-12-14-16-18-26-32-29(5,6)23-20-24-30(32,7)8/h9-26H2,1-8H3. The molecule has 2 aliphatic rings. The fraction of sp³-hybridized carbons (Fsp3) is 1.00. The van der Waals surface area contributed by atoms with Gasteiger partial charge in [-0.15, -0.1) is 0 Å². The van der Waals surface area contributed by atoms with Crippen molar-refractivity contribution in [1.82, 2.24) is 9.80 Å². The first-order valence-corrected chi connectivity index (χ1v) is 14.4. The van der Waals surface area contributed by atoms with Gasteiger partial charge in [0.1, 0.15) is 0 Å². The van der Waals surface area contributed by atoms with Crippen LogP contribution in [0, 0.1) is 0 Å². The Balaban J connectivity index is 1.47. The lowest BCUT2D eigenvalue weighted by atomic mass is 9.79.